The smallest absolute Gasteiger partial charge is 0.241 e. The Labute approximate surface area is 143 Å². The van der Waals surface area contributed by atoms with E-state index in [1.165, 1.54) is 0 Å². The topological polar surface area (TPSA) is 101 Å². The molecular weight excluding hydrogens is 304 g/mol. The van der Waals surface area contributed by atoms with Crippen LogP contribution in [0.2, 0.25) is 0 Å². The fraction of sp³-hybridized carbons (Fsp3) is 0.556. The fourth-order valence-corrected chi connectivity index (χ4v) is 3.06. The van der Waals surface area contributed by atoms with Crippen molar-refractivity contribution in [3.05, 3.63) is 29.8 Å². The third-order valence-corrected chi connectivity index (χ3v) is 4.53. The van der Waals surface area contributed by atoms with Gasteiger partial charge in [0.2, 0.25) is 11.8 Å². The van der Waals surface area contributed by atoms with Crippen LogP contribution in [0.5, 0.6) is 0 Å². The zero-order valence-corrected chi connectivity index (χ0v) is 14.3. The van der Waals surface area contributed by atoms with E-state index in [4.69, 9.17) is 11.5 Å². The molecule has 1 fully saturated rings. The zero-order chi connectivity index (χ0) is 17.5. The van der Waals surface area contributed by atoms with Gasteiger partial charge >= 0.3 is 0 Å². The second-order valence-corrected chi connectivity index (χ2v) is 6.54. The van der Waals surface area contributed by atoms with E-state index in [1.807, 2.05) is 31.2 Å². The van der Waals surface area contributed by atoms with Crippen LogP contribution in [0.3, 0.4) is 0 Å². The van der Waals surface area contributed by atoms with Gasteiger partial charge in [0, 0.05) is 18.2 Å². The van der Waals surface area contributed by atoms with Crippen LogP contribution in [0.25, 0.3) is 0 Å². The SMILES string of the molecule is CCCC(N)C(=O)Nc1cccc(CN2CCC(C(N)=O)CC2)c1. The molecule has 0 bridgehead atoms. The number of hydrogen-bond donors (Lipinski definition) is 3. The number of nitrogens with two attached hydrogens (primary N) is 2. The number of likely N-dealkylation sites (tertiary alicyclic amines) is 1. The first-order valence-electron chi connectivity index (χ1n) is 8.66. The van der Waals surface area contributed by atoms with Crippen molar-refractivity contribution < 1.29 is 9.59 Å². The first-order valence-corrected chi connectivity index (χ1v) is 8.66. The molecule has 2 amide bonds. The third kappa shape index (κ3) is 5.32. The first-order chi connectivity index (χ1) is 11.5. The van der Waals surface area contributed by atoms with Gasteiger partial charge in [0.05, 0.1) is 6.04 Å². The van der Waals surface area contributed by atoms with Gasteiger partial charge in [0.15, 0.2) is 0 Å². The lowest BCUT2D eigenvalue weighted by Crippen LogP contribution is -2.38. The summed E-state index contributed by atoms with van der Waals surface area (Å²) in [6.07, 6.45) is 3.20. The Bertz CT molecular complexity index is 568. The molecule has 24 heavy (non-hydrogen) atoms. The number of amides is 2. The van der Waals surface area contributed by atoms with Crippen molar-refractivity contribution in [3.8, 4) is 0 Å². The molecule has 0 spiro atoms. The number of rotatable bonds is 7. The van der Waals surface area contributed by atoms with Gasteiger partial charge in [-0.15, -0.1) is 0 Å². The molecule has 5 N–H and O–H groups in total. The van der Waals surface area contributed by atoms with Crippen molar-refractivity contribution in [1.82, 2.24) is 4.90 Å². The molecule has 6 nitrogen and oxygen atoms in total. The van der Waals surface area contributed by atoms with Gasteiger partial charge < -0.3 is 16.8 Å². The van der Waals surface area contributed by atoms with E-state index < -0.39 is 6.04 Å². The zero-order valence-electron chi connectivity index (χ0n) is 14.3. The monoisotopic (exact) mass is 332 g/mol. The predicted octanol–water partition coefficient (Wildman–Crippen LogP) is 1.45. The summed E-state index contributed by atoms with van der Waals surface area (Å²) in [5.41, 5.74) is 13.1. The predicted molar refractivity (Wildman–Crippen MR) is 95.2 cm³/mol. The van der Waals surface area contributed by atoms with Gasteiger partial charge in [0.25, 0.3) is 0 Å². The van der Waals surface area contributed by atoms with Crippen LogP contribution in [0, 0.1) is 5.92 Å². The number of nitrogens with zero attached hydrogens (tertiary/aromatic N) is 1. The molecule has 1 aromatic carbocycles. The van der Waals surface area contributed by atoms with Crippen LogP contribution in [0.15, 0.2) is 24.3 Å². The lowest BCUT2D eigenvalue weighted by Gasteiger charge is -2.30. The van der Waals surface area contributed by atoms with E-state index in [-0.39, 0.29) is 17.7 Å². The Morgan fingerprint density at radius 2 is 2.04 bits per heavy atom. The fourth-order valence-electron chi connectivity index (χ4n) is 3.06. The highest BCUT2D eigenvalue weighted by Gasteiger charge is 2.23. The Balaban J connectivity index is 1.89. The molecule has 1 aliphatic heterocycles. The largest absolute Gasteiger partial charge is 0.369 e. The van der Waals surface area contributed by atoms with Crippen LogP contribution >= 0.6 is 0 Å². The summed E-state index contributed by atoms with van der Waals surface area (Å²) in [5.74, 6) is -0.328. The molecule has 1 heterocycles. The molecule has 1 unspecified atom stereocenters. The lowest BCUT2D eigenvalue weighted by molar-refractivity contribution is -0.123. The van der Waals surface area contributed by atoms with Gasteiger partial charge in [-0.1, -0.05) is 25.5 Å². The second kappa shape index (κ2) is 8.80. The summed E-state index contributed by atoms with van der Waals surface area (Å²) < 4.78 is 0. The Kier molecular flexibility index (Phi) is 6.75. The van der Waals surface area contributed by atoms with Gasteiger partial charge in [-0.2, -0.15) is 0 Å². The van der Waals surface area contributed by atoms with Crippen molar-refractivity contribution in [1.29, 1.82) is 0 Å². The van der Waals surface area contributed by atoms with Crippen molar-refractivity contribution >= 4 is 17.5 Å². The van der Waals surface area contributed by atoms with Crippen LogP contribution in [-0.2, 0) is 16.1 Å². The van der Waals surface area contributed by atoms with Crippen LogP contribution in [-0.4, -0.2) is 35.8 Å². The van der Waals surface area contributed by atoms with Crippen LogP contribution in [0.4, 0.5) is 5.69 Å². The highest BCUT2D eigenvalue weighted by Crippen LogP contribution is 2.20. The summed E-state index contributed by atoms with van der Waals surface area (Å²) in [5, 5.41) is 2.88. The van der Waals surface area contributed by atoms with E-state index in [9.17, 15) is 9.59 Å². The minimum Gasteiger partial charge on any atom is -0.369 e. The maximum absolute atomic E-state index is 12.0. The third-order valence-electron chi connectivity index (χ3n) is 4.53. The van der Waals surface area contributed by atoms with Crippen LogP contribution in [0.1, 0.15) is 38.2 Å². The maximum atomic E-state index is 12.0. The van der Waals surface area contributed by atoms with Gasteiger partial charge in [-0.05, 0) is 50.0 Å². The molecule has 2 rings (SSSR count). The molecule has 1 atom stereocenters. The van der Waals surface area contributed by atoms with Gasteiger partial charge in [-0.3, -0.25) is 14.5 Å². The molecule has 1 aliphatic rings. The van der Waals surface area contributed by atoms with E-state index in [0.29, 0.717) is 6.42 Å². The van der Waals surface area contributed by atoms with E-state index in [2.05, 4.69) is 10.2 Å². The average Bonchev–Trinajstić information content (AvgIpc) is 2.56. The van der Waals surface area contributed by atoms with Gasteiger partial charge in [-0.25, -0.2) is 0 Å². The molecule has 6 heteroatoms. The molecular formula is C18H28N4O2. The van der Waals surface area contributed by atoms with Gasteiger partial charge in [0.1, 0.15) is 0 Å². The highest BCUT2D eigenvalue weighted by atomic mass is 16.2. The van der Waals surface area contributed by atoms with Crippen LogP contribution < -0.4 is 16.8 Å². The number of piperidine rings is 1. The number of anilines is 1. The summed E-state index contributed by atoms with van der Waals surface area (Å²) in [4.78, 5) is 25.5. The van der Waals surface area contributed by atoms with Crippen molar-refractivity contribution in [2.45, 2.75) is 45.2 Å². The summed E-state index contributed by atoms with van der Waals surface area (Å²) in [7, 11) is 0. The second-order valence-electron chi connectivity index (χ2n) is 6.54. The minimum absolute atomic E-state index is 0.00641. The molecule has 0 saturated carbocycles. The minimum atomic E-state index is -0.466. The molecule has 1 saturated heterocycles. The molecule has 0 radical (unpaired) electrons. The number of benzene rings is 1. The van der Waals surface area contributed by atoms with E-state index in [0.717, 1.165) is 50.1 Å². The number of carbonyl (C=O) groups is 2. The number of primary amides is 1. The molecule has 132 valence electrons. The average molecular weight is 332 g/mol. The number of carbonyl (C=O) groups excluding carboxylic acids is 2. The summed E-state index contributed by atoms with van der Waals surface area (Å²) in [6.45, 7) is 4.54. The Morgan fingerprint density at radius 1 is 1.33 bits per heavy atom. The first kappa shape index (κ1) is 18.4. The standard InChI is InChI=1S/C18H28N4O2/c1-2-4-16(19)18(24)21-15-6-3-5-13(11-15)12-22-9-7-14(8-10-22)17(20)23/h3,5-6,11,14,16H,2,4,7-10,12,19H2,1H3,(H2,20,23)(H,21,24). The number of hydrogen-bond acceptors (Lipinski definition) is 4. The van der Waals surface area contributed by atoms with Crippen molar-refractivity contribution in [2.75, 3.05) is 18.4 Å². The summed E-state index contributed by atoms with van der Waals surface area (Å²) in [6, 6.07) is 7.37. The van der Waals surface area contributed by atoms with E-state index in [1.54, 1.807) is 0 Å². The maximum Gasteiger partial charge on any atom is 0.241 e. The number of nitrogens with one attached hydrogen (secondary N) is 1. The molecule has 1 aromatic rings. The Morgan fingerprint density at radius 3 is 2.67 bits per heavy atom. The lowest BCUT2D eigenvalue weighted by atomic mass is 9.96. The van der Waals surface area contributed by atoms with Crippen molar-refractivity contribution in [2.24, 2.45) is 17.4 Å². The quantitative estimate of drug-likeness (QED) is 0.703. The van der Waals surface area contributed by atoms with Crippen molar-refractivity contribution in [3.63, 3.8) is 0 Å². The summed E-state index contributed by atoms with van der Waals surface area (Å²) >= 11 is 0. The normalized spacial score (nSPS) is 17.4. The molecule has 0 aliphatic carbocycles. The Hall–Kier alpha value is -1.92. The highest BCUT2D eigenvalue weighted by molar-refractivity contribution is 5.94. The van der Waals surface area contributed by atoms with E-state index >= 15 is 0 Å². The molecule has 0 aromatic heterocycles.